The van der Waals surface area contributed by atoms with E-state index >= 15 is 0 Å². The van der Waals surface area contributed by atoms with Gasteiger partial charge in [0.25, 0.3) is 0 Å². The second-order valence-corrected chi connectivity index (χ2v) is 14.3. The molecule has 1 saturated carbocycles. The second kappa shape index (κ2) is 13.4. The number of rotatable bonds is 10. The van der Waals surface area contributed by atoms with E-state index < -0.39 is 12.3 Å². The molecule has 3 fully saturated rings. The van der Waals surface area contributed by atoms with Crippen LogP contribution in [0.15, 0.2) is 48.5 Å². The van der Waals surface area contributed by atoms with Crippen LogP contribution in [0.5, 0.6) is 0 Å². The summed E-state index contributed by atoms with van der Waals surface area (Å²) in [5, 5.41) is 25.8. The Bertz CT molecular complexity index is 1580. The number of aromatic nitrogens is 4. The third-order valence-corrected chi connectivity index (χ3v) is 10.7. The van der Waals surface area contributed by atoms with Crippen LogP contribution in [0.3, 0.4) is 0 Å². The SMILES string of the molecule is O=C(Cc1cccc(N2CC(F)C2)c1)Nc1nnc(C2CCCC(c3nnc(NC(=O)Cc4cccc(N5CC(F)C5)c4)s3)C2)s1. The molecule has 10 nitrogen and oxygen atoms in total. The van der Waals surface area contributed by atoms with Gasteiger partial charge >= 0.3 is 0 Å². The zero-order valence-electron chi connectivity index (χ0n) is 25.1. The number of amides is 2. The third kappa shape index (κ3) is 7.17. The number of nitrogens with one attached hydrogen (secondary N) is 2. The van der Waals surface area contributed by atoms with E-state index in [4.69, 9.17) is 0 Å². The fourth-order valence-corrected chi connectivity index (χ4v) is 8.05. The minimum absolute atomic E-state index is 0.171. The zero-order valence-corrected chi connectivity index (χ0v) is 26.7. The summed E-state index contributed by atoms with van der Waals surface area (Å²) in [7, 11) is 0. The molecule has 7 rings (SSSR count). The fourth-order valence-electron chi connectivity index (χ4n) is 6.23. The molecule has 2 aromatic carbocycles. The van der Waals surface area contributed by atoms with Crippen molar-refractivity contribution in [2.24, 2.45) is 0 Å². The highest BCUT2D eigenvalue weighted by Gasteiger charge is 2.30. The number of alkyl halides is 2. The molecule has 2 aliphatic heterocycles. The molecule has 2 saturated heterocycles. The standard InChI is InChI=1S/C32H34F2N8O2S2/c33-23-15-41(16-23)25-8-1-4-19(10-25)12-27(43)35-31-39-37-29(45-31)21-6-3-7-22(14-21)30-38-40-32(46-30)36-28(44)13-20-5-2-9-26(11-20)42-17-24(34)18-42/h1-2,4-5,8-11,21-24H,3,6-7,12-18H2,(H,35,39,43)(H,36,40,44). The van der Waals surface area contributed by atoms with Crippen molar-refractivity contribution < 1.29 is 18.4 Å². The summed E-state index contributed by atoms with van der Waals surface area (Å²) < 4.78 is 26.5. The highest BCUT2D eigenvalue weighted by Crippen LogP contribution is 2.43. The highest BCUT2D eigenvalue weighted by atomic mass is 32.1. The van der Waals surface area contributed by atoms with Crippen LogP contribution in [-0.2, 0) is 22.4 Å². The Morgan fingerprint density at radius 2 is 1.17 bits per heavy atom. The Morgan fingerprint density at radius 1 is 0.717 bits per heavy atom. The van der Waals surface area contributed by atoms with Crippen LogP contribution in [0.4, 0.5) is 30.4 Å². The molecule has 0 radical (unpaired) electrons. The van der Waals surface area contributed by atoms with Crippen molar-refractivity contribution in [3.05, 3.63) is 69.7 Å². The van der Waals surface area contributed by atoms with Gasteiger partial charge < -0.3 is 20.4 Å². The number of hydrogen-bond donors (Lipinski definition) is 2. The van der Waals surface area contributed by atoms with Gasteiger partial charge in [-0.15, -0.1) is 20.4 Å². The van der Waals surface area contributed by atoms with E-state index in [2.05, 4.69) is 31.0 Å². The molecule has 46 heavy (non-hydrogen) atoms. The van der Waals surface area contributed by atoms with Gasteiger partial charge in [0.05, 0.1) is 39.0 Å². The van der Waals surface area contributed by atoms with Gasteiger partial charge in [-0.05, 0) is 54.7 Å². The lowest BCUT2D eigenvalue weighted by molar-refractivity contribution is -0.116. The molecule has 2 aromatic heterocycles. The lowest BCUT2D eigenvalue weighted by Gasteiger charge is -2.36. The molecule has 2 amide bonds. The van der Waals surface area contributed by atoms with E-state index in [9.17, 15) is 18.4 Å². The van der Waals surface area contributed by atoms with Crippen LogP contribution in [0.1, 0.15) is 58.7 Å². The van der Waals surface area contributed by atoms with Crippen LogP contribution in [0, 0.1) is 0 Å². The van der Waals surface area contributed by atoms with Gasteiger partial charge in [-0.25, -0.2) is 8.78 Å². The van der Waals surface area contributed by atoms with Crippen LogP contribution < -0.4 is 20.4 Å². The molecule has 2 atom stereocenters. The third-order valence-electron chi connectivity index (χ3n) is 8.70. The maximum Gasteiger partial charge on any atom is 0.230 e. The molecule has 240 valence electrons. The number of carbonyl (C=O) groups excluding carboxylic acids is 2. The maximum absolute atomic E-state index is 13.3. The molecule has 2 N–H and O–H groups in total. The summed E-state index contributed by atoms with van der Waals surface area (Å²) >= 11 is 2.81. The van der Waals surface area contributed by atoms with E-state index in [1.165, 1.54) is 22.7 Å². The number of carbonyl (C=O) groups is 2. The summed E-state index contributed by atoms with van der Waals surface area (Å²) in [5.74, 6) is 0.0524. The average Bonchev–Trinajstić information content (AvgIpc) is 3.68. The van der Waals surface area contributed by atoms with Crippen molar-refractivity contribution in [3.63, 3.8) is 0 Å². The van der Waals surface area contributed by atoms with E-state index in [-0.39, 0.29) is 36.5 Å². The number of nitrogens with zero attached hydrogens (tertiary/aromatic N) is 6. The number of halogens is 2. The molecule has 0 spiro atoms. The fraction of sp³-hybridized carbons (Fsp3) is 0.438. The zero-order chi connectivity index (χ0) is 31.6. The summed E-state index contributed by atoms with van der Waals surface area (Å²) in [4.78, 5) is 29.4. The maximum atomic E-state index is 13.3. The Kier molecular flexibility index (Phi) is 8.89. The number of anilines is 4. The molecule has 2 unspecified atom stereocenters. The van der Waals surface area contributed by atoms with E-state index in [0.29, 0.717) is 36.4 Å². The van der Waals surface area contributed by atoms with Gasteiger partial charge in [-0.2, -0.15) is 0 Å². The van der Waals surface area contributed by atoms with Gasteiger partial charge in [0.2, 0.25) is 22.1 Å². The smallest absolute Gasteiger partial charge is 0.230 e. The first-order valence-corrected chi connectivity index (χ1v) is 17.2. The van der Waals surface area contributed by atoms with Crippen LogP contribution in [0.25, 0.3) is 0 Å². The minimum atomic E-state index is -0.786. The van der Waals surface area contributed by atoms with Crippen molar-refractivity contribution in [3.8, 4) is 0 Å². The lowest BCUT2D eigenvalue weighted by atomic mass is 9.82. The first-order valence-electron chi connectivity index (χ1n) is 15.6. The normalized spacial score (nSPS) is 20.2. The molecular weight excluding hydrogens is 631 g/mol. The predicted molar refractivity (Wildman–Crippen MR) is 176 cm³/mol. The molecule has 1 aliphatic carbocycles. The monoisotopic (exact) mass is 664 g/mol. The molecule has 4 aromatic rings. The van der Waals surface area contributed by atoms with Gasteiger partial charge in [0.1, 0.15) is 22.4 Å². The molecule has 3 aliphatic rings. The van der Waals surface area contributed by atoms with Crippen LogP contribution in [-0.4, -0.2) is 70.7 Å². The Hall–Kier alpha value is -4.04. The summed E-state index contributed by atoms with van der Waals surface area (Å²) in [6.45, 7) is 1.56. The van der Waals surface area contributed by atoms with Crippen molar-refractivity contribution in [1.29, 1.82) is 0 Å². The Morgan fingerprint density at radius 3 is 1.61 bits per heavy atom. The average molecular weight is 665 g/mol. The van der Waals surface area contributed by atoms with Gasteiger partial charge in [0.15, 0.2) is 0 Å². The first-order chi connectivity index (χ1) is 22.3. The Balaban J connectivity index is 0.904. The van der Waals surface area contributed by atoms with Crippen LogP contribution in [0.2, 0.25) is 0 Å². The summed E-state index contributed by atoms with van der Waals surface area (Å²) in [5.41, 5.74) is 3.57. The minimum Gasteiger partial charge on any atom is -0.366 e. The van der Waals surface area contributed by atoms with E-state index in [0.717, 1.165) is 58.2 Å². The van der Waals surface area contributed by atoms with Gasteiger partial charge in [-0.3, -0.25) is 9.59 Å². The van der Waals surface area contributed by atoms with E-state index in [1.807, 2.05) is 58.3 Å². The van der Waals surface area contributed by atoms with Crippen molar-refractivity contribution in [1.82, 2.24) is 20.4 Å². The van der Waals surface area contributed by atoms with E-state index in [1.54, 1.807) is 0 Å². The van der Waals surface area contributed by atoms with Gasteiger partial charge in [0, 0.05) is 23.2 Å². The highest BCUT2D eigenvalue weighted by molar-refractivity contribution is 7.15. The molecule has 4 heterocycles. The number of hydrogen-bond acceptors (Lipinski definition) is 10. The second-order valence-electron chi connectivity index (χ2n) is 12.2. The van der Waals surface area contributed by atoms with Gasteiger partial charge in [-0.1, -0.05) is 53.4 Å². The molecular formula is C32H34F2N8O2S2. The van der Waals surface area contributed by atoms with Crippen molar-refractivity contribution in [2.75, 3.05) is 46.6 Å². The quantitative estimate of drug-likeness (QED) is 0.228. The molecule has 0 bridgehead atoms. The summed E-state index contributed by atoms with van der Waals surface area (Å²) in [6.07, 6.45) is 2.63. The Labute approximate surface area is 273 Å². The lowest BCUT2D eigenvalue weighted by Crippen LogP contribution is -2.48. The van der Waals surface area contributed by atoms with Crippen LogP contribution >= 0.6 is 22.7 Å². The van der Waals surface area contributed by atoms with Crippen molar-refractivity contribution in [2.45, 2.75) is 62.7 Å². The predicted octanol–water partition coefficient (Wildman–Crippen LogP) is 5.51. The molecule has 14 heteroatoms. The number of benzene rings is 2. The topological polar surface area (TPSA) is 116 Å². The first kappa shape index (κ1) is 30.6. The largest absolute Gasteiger partial charge is 0.366 e. The summed E-state index contributed by atoms with van der Waals surface area (Å²) in [6, 6.07) is 15.3. The van der Waals surface area contributed by atoms with Crippen molar-refractivity contribution >= 4 is 56.1 Å².